The van der Waals surface area contributed by atoms with Crippen molar-refractivity contribution >= 4 is 28.7 Å². The zero-order chi connectivity index (χ0) is 13.1. The van der Waals surface area contributed by atoms with Gasteiger partial charge in [0.05, 0.1) is 15.3 Å². The maximum Gasteiger partial charge on any atom is 0.189 e. The molecule has 2 nitrogen and oxygen atoms in total. The Bertz CT molecular complexity index is 412. The Kier molecular flexibility index (Phi) is 4.82. The first-order valence-corrected chi connectivity index (χ1v) is 7.88. The molecule has 4 heteroatoms. The topological polar surface area (TPSA) is 20.3 Å². The molecule has 1 saturated carbocycles. The van der Waals surface area contributed by atoms with Gasteiger partial charge in [0.2, 0.25) is 0 Å². The molecule has 0 aliphatic heterocycles. The summed E-state index contributed by atoms with van der Waals surface area (Å²) in [6.07, 6.45) is 5.06. The van der Waals surface area contributed by atoms with Crippen LogP contribution in [0.2, 0.25) is 4.34 Å². The first kappa shape index (κ1) is 14.0. The molecule has 0 radical (unpaired) electrons. The van der Waals surface area contributed by atoms with Gasteiger partial charge in [0.1, 0.15) is 0 Å². The summed E-state index contributed by atoms with van der Waals surface area (Å²) in [4.78, 5) is 15.6. The molecule has 1 unspecified atom stereocenters. The number of nitrogens with zero attached hydrogens (tertiary/aromatic N) is 1. The molecule has 2 rings (SSSR count). The fourth-order valence-electron chi connectivity index (χ4n) is 2.89. The van der Waals surface area contributed by atoms with Crippen LogP contribution < -0.4 is 0 Å². The molecule has 1 aromatic rings. The average Bonchev–Trinajstić information content (AvgIpc) is 3.00. The average molecular weight is 286 g/mol. The third-order valence-electron chi connectivity index (χ3n) is 3.85. The normalized spacial score (nSPS) is 18.4. The van der Waals surface area contributed by atoms with E-state index in [9.17, 15) is 4.79 Å². The van der Waals surface area contributed by atoms with Crippen LogP contribution in [-0.4, -0.2) is 29.3 Å². The number of likely N-dealkylation sites (N-methyl/N-ethyl adjacent to an activating group) is 1. The van der Waals surface area contributed by atoms with Gasteiger partial charge in [-0.3, -0.25) is 9.69 Å². The van der Waals surface area contributed by atoms with Gasteiger partial charge in [-0.05, 0) is 38.4 Å². The summed E-state index contributed by atoms with van der Waals surface area (Å²) in [5, 5.41) is 0. The second-order valence-corrected chi connectivity index (χ2v) is 6.63. The molecule has 100 valence electrons. The molecule has 1 fully saturated rings. The summed E-state index contributed by atoms with van der Waals surface area (Å²) in [5.74, 6) is 0.209. The molecule has 0 N–H and O–H groups in total. The number of hydrogen-bond donors (Lipinski definition) is 0. The molecular weight excluding hydrogens is 266 g/mol. The third kappa shape index (κ3) is 2.95. The standard InChI is InChI=1S/C14H20ClNOS/c1-3-16(11-6-4-5-7-11)10(2)14(17)12-8-9-13(15)18-12/h8-11H,3-7H2,1-2H3. The smallest absolute Gasteiger partial charge is 0.189 e. The minimum atomic E-state index is -0.0344. The Morgan fingerprint density at radius 3 is 2.67 bits per heavy atom. The number of hydrogen-bond acceptors (Lipinski definition) is 3. The zero-order valence-corrected chi connectivity index (χ0v) is 12.6. The maximum absolute atomic E-state index is 12.4. The molecule has 1 heterocycles. The second kappa shape index (κ2) is 6.18. The fraction of sp³-hybridized carbons (Fsp3) is 0.643. The Hall–Kier alpha value is -0.380. The highest BCUT2D eigenvalue weighted by Gasteiger charge is 2.29. The van der Waals surface area contributed by atoms with Gasteiger partial charge in [-0.15, -0.1) is 11.3 Å². The van der Waals surface area contributed by atoms with E-state index >= 15 is 0 Å². The molecule has 0 saturated heterocycles. The van der Waals surface area contributed by atoms with E-state index in [2.05, 4.69) is 11.8 Å². The van der Waals surface area contributed by atoms with Crippen LogP contribution >= 0.6 is 22.9 Å². The number of Topliss-reactive ketones (excluding diaryl/α,β-unsaturated/α-hetero) is 1. The van der Waals surface area contributed by atoms with Gasteiger partial charge < -0.3 is 0 Å². The fourth-order valence-corrected chi connectivity index (χ4v) is 3.95. The van der Waals surface area contributed by atoms with Crippen molar-refractivity contribution in [2.45, 2.75) is 51.6 Å². The van der Waals surface area contributed by atoms with Gasteiger partial charge in [-0.25, -0.2) is 0 Å². The first-order valence-electron chi connectivity index (χ1n) is 6.68. The highest BCUT2D eigenvalue weighted by molar-refractivity contribution is 7.18. The summed E-state index contributed by atoms with van der Waals surface area (Å²) in [7, 11) is 0. The molecule has 0 aromatic carbocycles. The summed E-state index contributed by atoms with van der Waals surface area (Å²) in [6, 6.07) is 4.20. The lowest BCUT2D eigenvalue weighted by Gasteiger charge is -2.32. The van der Waals surface area contributed by atoms with Crippen LogP contribution in [0, 0.1) is 0 Å². The molecular formula is C14H20ClNOS. The van der Waals surface area contributed by atoms with E-state index in [1.165, 1.54) is 37.0 Å². The van der Waals surface area contributed by atoms with E-state index in [4.69, 9.17) is 11.6 Å². The molecule has 1 atom stereocenters. The first-order chi connectivity index (χ1) is 8.63. The van der Waals surface area contributed by atoms with E-state index in [0.717, 1.165) is 11.4 Å². The summed E-state index contributed by atoms with van der Waals surface area (Å²) in [6.45, 7) is 5.11. The van der Waals surface area contributed by atoms with E-state index in [1.807, 2.05) is 13.0 Å². The lowest BCUT2D eigenvalue weighted by atomic mass is 10.1. The highest BCUT2D eigenvalue weighted by Crippen LogP contribution is 2.28. The molecule has 0 spiro atoms. The quantitative estimate of drug-likeness (QED) is 0.754. The number of thiophene rings is 1. The second-order valence-electron chi connectivity index (χ2n) is 4.91. The van der Waals surface area contributed by atoms with Crippen LogP contribution in [0.25, 0.3) is 0 Å². The van der Waals surface area contributed by atoms with E-state index in [0.29, 0.717) is 10.4 Å². The molecule has 0 amide bonds. The number of ketones is 1. The molecule has 18 heavy (non-hydrogen) atoms. The molecule has 1 aliphatic carbocycles. The molecule has 1 aromatic heterocycles. The van der Waals surface area contributed by atoms with Crippen LogP contribution in [0.15, 0.2) is 12.1 Å². The van der Waals surface area contributed by atoms with Gasteiger partial charge in [-0.1, -0.05) is 31.4 Å². The van der Waals surface area contributed by atoms with Crippen molar-refractivity contribution in [2.24, 2.45) is 0 Å². The van der Waals surface area contributed by atoms with Crippen LogP contribution in [0.4, 0.5) is 0 Å². The predicted molar refractivity (Wildman–Crippen MR) is 77.8 cm³/mol. The van der Waals surface area contributed by atoms with Crippen molar-refractivity contribution in [3.05, 3.63) is 21.3 Å². The Labute approximate surface area is 118 Å². The van der Waals surface area contributed by atoms with E-state index in [-0.39, 0.29) is 11.8 Å². The molecule has 0 bridgehead atoms. The Morgan fingerprint density at radius 1 is 1.50 bits per heavy atom. The van der Waals surface area contributed by atoms with Gasteiger partial charge in [0.25, 0.3) is 0 Å². The molecule has 1 aliphatic rings. The number of halogens is 1. The van der Waals surface area contributed by atoms with Gasteiger partial charge in [0, 0.05) is 6.04 Å². The van der Waals surface area contributed by atoms with Crippen molar-refractivity contribution < 1.29 is 4.79 Å². The van der Waals surface area contributed by atoms with Crippen molar-refractivity contribution in [3.63, 3.8) is 0 Å². The number of carbonyl (C=O) groups excluding carboxylic acids is 1. The largest absolute Gasteiger partial charge is 0.291 e. The van der Waals surface area contributed by atoms with Crippen LogP contribution in [0.5, 0.6) is 0 Å². The summed E-state index contributed by atoms with van der Waals surface area (Å²) < 4.78 is 0.689. The van der Waals surface area contributed by atoms with Crippen LogP contribution in [-0.2, 0) is 0 Å². The predicted octanol–water partition coefficient (Wildman–Crippen LogP) is 4.24. The van der Waals surface area contributed by atoms with Gasteiger partial charge >= 0.3 is 0 Å². The van der Waals surface area contributed by atoms with Crippen molar-refractivity contribution in [1.82, 2.24) is 4.90 Å². The van der Waals surface area contributed by atoms with Gasteiger partial charge in [0.15, 0.2) is 5.78 Å². The zero-order valence-electron chi connectivity index (χ0n) is 11.0. The lowest BCUT2D eigenvalue weighted by Crippen LogP contribution is -2.44. The van der Waals surface area contributed by atoms with Crippen molar-refractivity contribution in [1.29, 1.82) is 0 Å². The Balaban J connectivity index is 2.08. The SMILES string of the molecule is CCN(C1CCCC1)C(C)C(=O)c1ccc(Cl)s1. The minimum Gasteiger partial charge on any atom is -0.291 e. The van der Waals surface area contributed by atoms with Crippen molar-refractivity contribution in [3.8, 4) is 0 Å². The Morgan fingerprint density at radius 2 is 2.17 bits per heavy atom. The lowest BCUT2D eigenvalue weighted by molar-refractivity contribution is 0.0780. The summed E-state index contributed by atoms with van der Waals surface area (Å²) >= 11 is 7.29. The van der Waals surface area contributed by atoms with Crippen LogP contribution in [0.3, 0.4) is 0 Å². The maximum atomic E-state index is 12.4. The number of carbonyl (C=O) groups is 1. The van der Waals surface area contributed by atoms with Gasteiger partial charge in [-0.2, -0.15) is 0 Å². The van der Waals surface area contributed by atoms with Crippen molar-refractivity contribution in [2.75, 3.05) is 6.54 Å². The third-order valence-corrected chi connectivity index (χ3v) is 5.10. The van der Waals surface area contributed by atoms with E-state index in [1.54, 1.807) is 6.07 Å². The summed E-state index contributed by atoms with van der Waals surface area (Å²) in [5.41, 5.74) is 0. The van der Waals surface area contributed by atoms with E-state index < -0.39 is 0 Å². The minimum absolute atomic E-state index is 0.0344. The number of rotatable bonds is 5. The van der Waals surface area contributed by atoms with Crippen LogP contribution in [0.1, 0.15) is 49.2 Å². The monoisotopic (exact) mass is 285 g/mol. The highest BCUT2D eigenvalue weighted by atomic mass is 35.5.